The second-order valence-electron chi connectivity index (χ2n) is 8.37. The zero-order valence-electron chi connectivity index (χ0n) is 17.5. The Morgan fingerprint density at radius 1 is 1.27 bits per heavy atom. The fraction of sp³-hybridized carbons (Fsp3) is 0.458. The lowest BCUT2D eigenvalue weighted by Crippen LogP contribution is -2.45. The maximum Gasteiger partial charge on any atom is 0.319 e. The normalized spacial score (nSPS) is 21.7. The van der Waals surface area contributed by atoms with E-state index in [4.69, 9.17) is 4.74 Å². The maximum atomic E-state index is 13.8. The van der Waals surface area contributed by atoms with Gasteiger partial charge in [-0.25, -0.2) is 9.18 Å². The van der Waals surface area contributed by atoms with E-state index in [1.54, 1.807) is 6.07 Å². The van der Waals surface area contributed by atoms with Gasteiger partial charge in [0.25, 0.3) is 0 Å². The summed E-state index contributed by atoms with van der Waals surface area (Å²) < 4.78 is 20.0. The highest BCUT2D eigenvalue weighted by Crippen LogP contribution is 2.43. The van der Waals surface area contributed by atoms with Gasteiger partial charge >= 0.3 is 6.03 Å². The third kappa shape index (κ3) is 4.01. The smallest absolute Gasteiger partial charge is 0.319 e. The summed E-state index contributed by atoms with van der Waals surface area (Å²) in [7, 11) is 0. The molecule has 160 valence electrons. The lowest BCUT2D eigenvalue weighted by molar-refractivity contribution is 0.0243. The second kappa shape index (κ2) is 8.26. The molecular formula is C24H29FN2O3. The summed E-state index contributed by atoms with van der Waals surface area (Å²) in [5, 5.41) is 16.1. The molecule has 0 fully saturated rings. The zero-order valence-corrected chi connectivity index (χ0v) is 17.5. The molecule has 0 spiro atoms. The van der Waals surface area contributed by atoms with Crippen molar-refractivity contribution in [2.75, 3.05) is 5.32 Å². The molecule has 2 aromatic carbocycles. The van der Waals surface area contributed by atoms with Crippen LogP contribution in [-0.2, 0) is 12.8 Å². The van der Waals surface area contributed by atoms with Crippen molar-refractivity contribution >= 4 is 11.7 Å². The molecule has 0 bridgehead atoms. The summed E-state index contributed by atoms with van der Waals surface area (Å²) in [4.78, 5) is 12.9. The summed E-state index contributed by atoms with van der Waals surface area (Å²) in [6.45, 7) is 4.10. The van der Waals surface area contributed by atoms with Gasteiger partial charge in [-0.3, -0.25) is 0 Å². The Balaban J connectivity index is 1.56. The van der Waals surface area contributed by atoms with E-state index in [-0.39, 0.29) is 24.0 Å². The number of ether oxygens (including phenoxy) is 1. The molecule has 2 aromatic rings. The third-order valence-corrected chi connectivity index (χ3v) is 6.56. The second-order valence-corrected chi connectivity index (χ2v) is 8.37. The molecule has 0 saturated heterocycles. The number of carbonyl (C=O) groups is 1. The zero-order chi connectivity index (χ0) is 21.3. The average Bonchev–Trinajstić information content (AvgIpc) is 2.73. The largest absolute Gasteiger partial charge is 0.487 e. The Bertz CT molecular complexity index is 942. The van der Waals surface area contributed by atoms with Crippen LogP contribution in [0.2, 0.25) is 0 Å². The van der Waals surface area contributed by atoms with Gasteiger partial charge in [0.2, 0.25) is 0 Å². The minimum atomic E-state index is -0.436. The number of nitrogens with one attached hydrogen (secondary N) is 2. The molecule has 3 N–H and O–H groups in total. The van der Waals surface area contributed by atoms with Crippen molar-refractivity contribution in [3.05, 3.63) is 58.9 Å². The number of benzene rings is 2. The van der Waals surface area contributed by atoms with E-state index < -0.39 is 5.60 Å². The third-order valence-electron chi connectivity index (χ3n) is 6.56. The fourth-order valence-corrected chi connectivity index (χ4v) is 4.66. The number of fused-ring (bicyclic) bond motifs is 2. The maximum absolute atomic E-state index is 13.8. The highest BCUT2D eigenvalue weighted by molar-refractivity contribution is 5.90. The Morgan fingerprint density at radius 2 is 2.07 bits per heavy atom. The summed E-state index contributed by atoms with van der Waals surface area (Å²) >= 11 is 0. The first-order valence-electron chi connectivity index (χ1n) is 10.8. The number of urea groups is 1. The number of hydrogen-bond acceptors (Lipinski definition) is 3. The number of amides is 2. The first kappa shape index (κ1) is 20.7. The number of aliphatic hydroxyl groups excluding tert-OH is 1. The molecule has 30 heavy (non-hydrogen) atoms. The van der Waals surface area contributed by atoms with E-state index in [2.05, 4.69) is 10.6 Å². The number of aliphatic hydroxyl groups is 1. The number of aryl methyl sites for hydroxylation is 1. The van der Waals surface area contributed by atoms with Crippen LogP contribution in [0.15, 0.2) is 36.4 Å². The first-order chi connectivity index (χ1) is 14.4. The quantitative estimate of drug-likeness (QED) is 0.670. The molecule has 0 unspecified atom stereocenters. The minimum Gasteiger partial charge on any atom is -0.487 e. The summed E-state index contributed by atoms with van der Waals surface area (Å²) in [6, 6.07) is 9.73. The van der Waals surface area contributed by atoms with Crippen molar-refractivity contribution in [3.63, 3.8) is 0 Å². The average molecular weight is 413 g/mol. The van der Waals surface area contributed by atoms with E-state index in [1.165, 1.54) is 17.7 Å². The van der Waals surface area contributed by atoms with Gasteiger partial charge in [0.15, 0.2) is 0 Å². The predicted molar refractivity (Wildman–Crippen MR) is 114 cm³/mol. The Labute approximate surface area is 176 Å². The van der Waals surface area contributed by atoms with Gasteiger partial charge in [-0.1, -0.05) is 32.0 Å². The van der Waals surface area contributed by atoms with E-state index in [9.17, 15) is 14.3 Å². The number of hydrogen-bond donors (Lipinski definition) is 3. The van der Waals surface area contributed by atoms with Crippen molar-refractivity contribution in [2.24, 2.45) is 0 Å². The van der Waals surface area contributed by atoms with Crippen molar-refractivity contribution in [2.45, 2.75) is 70.1 Å². The molecule has 2 atom stereocenters. The molecular weight excluding hydrogens is 383 g/mol. The van der Waals surface area contributed by atoms with Crippen LogP contribution < -0.4 is 15.4 Å². The molecule has 1 aliphatic heterocycles. The highest BCUT2D eigenvalue weighted by Gasteiger charge is 2.39. The van der Waals surface area contributed by atoms with Crippen LogP contribution in [0.25, 0.3) is 0 Å². The highest BCUT2D eigenvalue weighted by atomic mass is 19.1. The van der Waals surface area contributed by atoms with Gasteiger partial charge in [-0.05, 0) is 48.9 Å². The molecule has 1 heterocycles. The van der Waals surface area contributed by atoms with Crippen LogP contribution in [-0.4, -0.2) is 22.8 Å². The monoisotopic (exact) mass is 412 g/mol. The Kier molecular flexibility index (Phi) is 5.69. The van der Waals surface area contributed by atoms with Crippen molar-refractivity contribution in [1.82, 2.24) is 5.32 Å². The molecule has 1 aliphatic carbocycles. The van der Waals surface area contributed by atoms with Crippen LogP contribution in [0.5, 0.6) is 5.75 Å². The summed E-state index contributed by atoms with van der Waals surface area (Å²) in [5.74, 6) is 0.143. The molecule has 4 rings (SSSR count). The molecule has 5 nitrogen and oxygen atoms in total. The molecule has 2 aliphatic rings. The lowest BCUT2D eigenvalue weighted by atomic mass is 9.83. The van der Waals surface area contributed by atoms with Crippen LogP contribution in [0.4, 0.5) is 14.9 Å². The van der Waals surface area contributed by atoms with Crippen LogP contribution in [0.1, 0.15) is 62.3 Å². The number of carbonyl (C=O) groups excluding carboxylic acids is 1. The van der Waals surface area contributed by atoms with E-state index in [0.29, 0.717) is 18.6 Å². The van der Waals surface area contributed by atoms with Crippen molar-refractivity contribution < 1.29 is 19.0 Å². The van der Waals surface area contributed by atoms with Crippen molar-refractivity contribution in [3.8, 4) is 5.75 Å². The Morgan fingerprint density at radius 3 is 2.83 bits per heavy atom. The van der Waals surface area contributed by atoms with Gasteiger partial charge in [0, 0.05) is 30.2 Å². The van der Waals surface area contributed by atoms with Gasteiger partial charge in [-0.2, -0.15) is 0 Å². The fourth-order valence-electron chi connectivity index (χ4n) is 4.66. The molecule has 6 heteroatoms. The molecule has 0 saturated carbocycles. The number of anilines is 1. The number of halogens is 1. The first-order valence-corrected chi connectivity index (χ1v) is 10.8. The minimum absolute atomic E-state index is 0.278. The topological polar surface area (TPSA) is 70.6 Å². The lowest BCUT2D eigenvalue weighted by Gasteiger charge is -2.41. The van der Waals surface area contributed by atoms with Gasteiger partial charge in [-0.15, -0.1) is 0 Å². The van der Waals surface area contributed by atoms with Crippen LogP contribution in [0.3, 0.4) is 0 Å². The SMILES string of the molecule is CCC1(CC)C[C@@H](NC(=O)Nc2cccc3c2C[C@H](O)CC3)c2ccc(F)cc2O1. The van der Waals surface area contributed by atoms with Gasteiger partial charge in [0.05, 0.1) is 12.1 Å². The van der Waals surface area contributed by atoms with E-state index in [0.717, 1.165) is 42.5 Å². The van der Waals surface area contributed by atoms with Crippen LogP contribution >= 0.6 is 0 Å². The standard InChI is InChI=1S/C24H29FN2O3/c1-3-24(4-2)14-21(18-11-9-16(25)12-22(18)30-24)27-23(29)26-20-7-5-6-15-8-10-17(28)13-19(15)20/h5-7,9,11-12,17,21,28H,3-4,8,10,13-14H2,1-2H3,(H2,26,27,29)/t17-,21-/m1/s1. The van der Waals surface area contributed by atoms with Crippen molar-refractivity contribution in [1.29, 1.82) is 0 Å². The van der Waals surface area contributed by atoms with Gasteiger partial charge < -0.3 is 20.5 Å². The molecule has 0 aromatic heterocycles. The van der Waals surface area contributed by atoms with E-state index in [1.807, 2.05) is 32.0 Å². The van der Waals surface area contributed by atoms with Crippen LogP contribution in [0, 0.1) is 5.82 Å². The molecule has 0 radical (unpaired) electrons. The Hall–Kier alpha value is -2.60. The van der Waals surface area contributed by atoms with E-state index >= 15 is 0 Å². The summed E-state index contributed by atoms with van der Waals surface area (Å²) in [6.07, 6.45) is 3.87. The summed E-state index contributed by atoms with van der Waals surface area (Å²) in [5.41, 5.74) is 3.25. The number of rotatable bonds is 4. The molecule has 2 amide bonds. The van der Waals surface area contributed by atoms with Gasteiger partial charge in [0.1, 0.15) is 17.2 Å². The predicted octanol–water partition coefficient (Wildman–Crippen LogP) is 4.88.